The molecule has 1 aromatic carbocycles. The Labute approximate surface area is 156 Å². The topological polar surface area (TPSA) is 38.9 Å². The molecule has 0 unspecified atom stereocenters. The van der Waals surface area contributed by atoms with Crippen molar-refractivity contribution >= 4 is 22.1 Å². The van der Waals surface area contributed by atoms with Crippen LogP contribution in [0.4, 0.5) is 0 Å². The second kappa shape index (κ2) is 5.58. The van der Waals surface area contributed by atoms with E-state index in [-0.39, 0.29) is 0 Å². The van der Waals surface area contributed by atoms with Crippen molar-refractivity contribution in [2.45, 2.75) is 13.0 Å². The van der Waals surface area contributed by atoms with Crippen molar-refractivity contribution in [1.82, 2.24) is 24.0 Å². The van der Waals surface area contributed by atoms with Crippen LogP contribution in [0.2, 0.25) is 0 Å². The van der Waals surface area contributed by atoms with Gasteiger partial charge in [0.15, 0.2) is 0 Å². The van der Waals surface area contributed by atoms with E-state index in [9.17, 15) is 0 Å². The Balaban J connectivity index is 1.43. The summed E-state index contributed by atoms with van der Waals surface area (Å²) >= 11 is 0. The fraction of sp³-hybridized carbons (Fsp3) is 0.182. The summed E-state index contributed by atoms with van der Waals surface area (Å²) in [5.74, 6) is 1.18. The highest BCUT2D eigenvalue weighted by Crippen LogP contribution is 2.26. The molecule has 0 saturated carbocycles. The van der Waals surface area contributed by atoms with Gasteiger partial charge in [-0.2, -0.15) is 0 Å². The lowest BCUT2D eigenvalue weighted by Crippen LogP contribution is -2.26. The van der Waals surface area contributed by atoms with Gasteiger partial charge in [0.2, 0.25) is 0 Å². The summed E-state index contributed by atoms with van der Waals surface area (Å²) in [5.41, 5.74) is 5.75. The molecule has 0 N–H and O–H groups in total. The maximum Gasteiger partial charge on any atom is 0.144 e. The molecule has 0 amide bonds. The van der Waals surface area contributed by atoms with Crippen LogP contribution in [0.25, 0.3) is 27.8 Å². The number of hydrogen-bond donors (Lipinski definition) is 0. The number of fused-ring (bicyclic) bond motifs is 4. The summed E-state index contributed by atoms with van der Waals surface area (Å²) in [7, 11) is 0. The van der Waals surface area contributed by atoms with Crippen LogP contribution >= 0.6 is 0 Å². The Morgan fingerprint density at radius 3 is 2.85 bits per heavy atom. The average Bonchev–Trinajstić information content (AvgIpc) is 3.17. The summed E-state index contributed by atoms with van der Waals surface area (Å²) in [6, 6.07) is 12.7. The predicted octanol–water partition coefficient (Wildman–Crippen LogP) is 3.69. The Bertz CT molecular complexity index is 1240. The molecule has 4 heterocycles. The molecule has 0 atom stereocenters. The minimum absolute atomic E-state index is 0.963. The monoisotopic (exact) mass is 353 g/mol. The molecule has 1 aliphatic heterocycles. The molecule has 132 valence electrons. The molecule has 4 aromatic rings. The van der Waals surface area contributed by atoms with E-state index < -0.39 is 0 Å². The number of imidazole rings is 1. The van der Waals surface area contributed by atoms with E-state index in [0.29, 0.717) is 0 Å². The average molecular weight is 353 g/mol. The maximum absolute atomic E-state index is 4.91. The highest BCUT2D eigenvalue weighted by molar-refractivity contribution is 5.82. The van der Waals surface area contributed by atoms with Gasteiger partial charge in [0, 0.05) is 55.2 Å². The van der Waals surface area contributed by atoms with E-state index in [0.717, 1.165) is 48.3 Å². The molecule has 0 fully saturated rings. The van der Waals surface area contributed by atoms with Crippen LogP contribution in [0, 0.1) is 0 Å². The second-order valence-electron chi connectivity index (χ2n) is 7.14. The van der Waals surface area contributed by atoms with Crippen LogP contribution in [0.1, 0.15) is 5.82 Å². The van der Waals surface area contributed by atoms with Gasteiger partial charge < -0.3 is 14.0 Å². The molecule has 5 heteroatoms. The van der Waals surface area contributed by atoms with Gasteiger partial charge in [-0.15, -0.1) is 0 Å². The number of hydrogen-bond acceptors (Lipinski definition) is 3. The van der Waals surface area contributed by atoms with Crippen LogP contribution in [0.15, 0.2) is 72.7 Å². The minimum Gasteiger partial charge on any atom is -0.369 e. The Hall–Kier alpha value is -3.34. The van der Waals surface area contributed by atoms with Crippen LogP contribution in [0.5, 0.6) is 0 Å². The molecule has 1 aliphatic carbocycles. The summed E-state index contributed by atoms with van der Waals surface area (Å²) in [5, 5.41) is 1.15. The van der Waals surface area contributed by atoms with Gasteiger partial charge >= 0.3 is 0 Å². The first-order valence-corrected chi connectivity index (χ1v) is 9.42. The number of rotatable bonds is 2. The minimum atomic E-state index is 0.963. The number of pyridine rings is 1. The van der Waals surface area contributed by atoms with Crippen LogP contribution in [0.3, 0.4) is 0 Å². The molecule has 0 radical (unpaired) electrons. The van der Waals surface area contributed by atoms with E-state index in [2.05, 4.69) is 73.8 Å². The van der Waals surface area contributed by atoms with Crippen molar-refractivity contribution in [3.05, 3.63) is 78.5 Å². The van der Waals surface area contributed by atoms with E-state index in [1.165, 1.54) is 17.0 Å². The van der Waals surface area contributed by atoms with Crippen molar-refractivity contribution in [3.63, 3.8) is 0 Å². The molecule has 0 spiro atoms. The largest absolute Gasteiger partial charge is 0.369 e. The zero-order valence-corrected chi connectivity index (χ0v) is 14.9. The fourth-order valence-electron chi connectivity index (χ4n) is 4.14. The Morgan fingerprint density at radius 1 is 1.00 bits per heavy atom. The SMILES string of the molecule is C1=CC(N2CCc3nc4ccc(-n5ccc6cccnc65)cc4n3CC2)=C1. The lowest BCUT2D eigenvalue weighted by molar-refractivity contribution is 0.359. The van der Waals surface area contributed by atoms with Crippen LogP contribution < -0.4 is 0 Å². The number of allylic oxidation sites excluding steroid dienone is 3. The molecular formula is C22H19N5. The van der Waals surface area contributed by atoms with Gasteiger partial charge in [-0.05, 0) is 48.6 Å². The summed E-state index contributed by atoms with van der Waals surface area (Å²) in [6.07, 6.45) is 11.4. The van der Waals surface area contributed by atoms with E-state index in [1.54, 1.807) is 0 Å². The van der Waals surface area contributed by atoms with Gasteiger partial charge in [-0.1, -0.05) is 6.08 Å². The third kappa shape index (κ3) is 2.24. The molecule has 6 rings (SSSR count). The van der Waals surface area contributed by atoms with E-state index in [1.807, 2.05) is 12.3 Å². The van der Waals surface area contributed by atoms with Crippen molar-refractivity contribution in [2.24, 2.45) is 0 Å². The molecule has 5 nitrogen and oxygen atoms in total. The van der Waals surface area contributed by atoms with Gasteiger partial charge in [-0.25, -0.2) is 9.97 Å². The smallest absolute Gasteiger partial charge is 0.144 e. The number of benzene rings is 1. The first-order valence-electron chi connectivity index (χ1n) is 9.42. The standard InChI is InChI=1S/C22H19N5/c1-4-17(5-1)25-11-9-21-24-19-7-6-18(15-20(19)27(21)14-13-25)26-12-8-16-3-2-10-23-22(16)26/h1-8,10,12,15H,9,11,13-14H2. The number of nitrogens with zero attached hydrogens (tertiary/aromatic N) is 5. The first-order chi connectivity index (χ1) is 13.4. The van der Waals surface area contributed by atoms with Crippen molar-refractivity contribution in [3.8, 4) is 5.69 Å². The summed E-state index contributed by atoms with van der Waals surface area (Å²) in [6.45, 7) is 3.01. The van der Waals surface area contributed by atoms with E-state index in [4.69, 9.17) is 4.98 Å². The normalized spacial score (nSPS) is 16.3. The maximum atomic E-state index is 4.91. The first kappa shape index (κ1) is 14.8. The third-order valence-electron chi connectivity index (χ3n) is 5.64. The molecule has 27 heavy (non-hydrogen) atoms. The molecule has 0 bridgehead atoms. The van der Waals surface area contributed by atoms with Gasteiger partial charge in [0.25, 0.3) is 0 Å². The Kier molecular flexibility index (Phi) is 3.06. The van der Waals surface area contributed by atoms with Crippen molar-refractivity contribution < 1.29 is 0 Å². The molecular weight excluding hydrogens is 334 g/mol. The van der Waals surface area contributed by atoms with Gasteiger partial charge in [0.1, 0.15) is 11.5 Å². The molecule has 0 saturated heterocycles. The van der Waals surface area contributed by atoms with E-state index >= 15 is 0 Å². The predicted molar refractivity (Wildman–Crippen MR) is 107 cm³/mol. The molecule has 2 aliphatic rings. The van der Waals surface area contributed by atoms with Crippen LogP contribution in [-0.2, 0) is 13.0 Å². The lowest BCUT2D eigenvalue weighted by Gasteiger charge is -2.25. The lowest BCUT2D eigenvalue weighted by atomic mass is 10.2. The Morgan fingerprint density at radius 2 is 1.96 bits per heavy atom. The van der Waals surface area contributed by atoms with Crippen molar-refractivity contribution in [2.75, 3.05) is 13.1 Å². The second-order valence-corrected chi connectivity index (χ2v) is 7.14. The zero-order valence-electron chi connectivity index (χ0n) is 14.9. The molecule has 3 aromatic heterocycles. The highest BCUT2D eigenvalue weighted by Gasteiger charge is 2.19. The van der Waals surface area contributed by atoms with Gasteiger partial charge in [-0.3, -0.25) is 0 Å². The highest BCUT2D eigenvalue weighted by atomic mass is 15.2. The van der Waals surface area contributed by atoms with Crippen LogP contribution in [-0.4, -0.2) is 37.1 Å². The quantitative estimate of drug-likeness (QED) is 0.552. The summed E-state index contributed by atoms with van der Waals surface area (Å²) in [4.78, 5) is 11.9. The van der Waals surface area contributed by atoms with Crippen molar-refractivity contribution in [1.29, 1.82) is 0 Å². The zero-order chi connectivity index (χ0) is 17.8. The number of aromatic nitrogens is 4. The van der Waals surface area contributed by atoms with Gasteiger partial charge in [0.05, 0.1) is 11.0 Å². The summed E-state index contributed by atoms with van der Waals surface area (Å²) < 4.78 is 4.54. The third-order valence-corrected chi connectivity index (χ3v) is 5.64. The fourth-order valence-corrected chi connectivity index (χ4v) is 4.14.